The van der Waals surface area contributed by atoms with Gasteiger partial charge >= 0.3 is 0 Å². The molecule has 0 unspecified atom stereocenters. The third-order valence-electron chi connectivity index (χ3n) is 5.49. The van der Waals surface area contributed by atoms with Crippen LogP contribution in [0.1, 0.15) is 45.4 Å². The number of oxazole rings is 1. The molecule has 2 aromatic heterocycles. The van der Waals surface area contributed by atoms with Gasteiger partial charge in [-0.2, -0.15) is 4.98 Å². The molecule has 0 saturated carbocycles. The molecule has 0 N–H and O–H groups in total. The Kier molecular flexibility index (Phi) is 4.09. The molecule has 2 aromatic rings. The Morgan fingerprint density at radius 1 is 1.24 bits per heavy atom. The first-order valence-corrected chi connectivity index (χ1v) is 9.31. The van der Waals surface area contributed by atoms with Crippen molar-refractivity contribution in [1.82, 2.24) is 19.9 Å². The van der Waals surface area contributed by atoms with Crippen molar-refractivity contribution < 1.29 is 9.21 Å². The van der Waals surface area contributed by atoms with Gasteiger partial charge in [0.05, 0.1) is 5.41 Å². The molecule has 25 heavy (non-hydrogen) atoms. The van der Waals surface area contributed by atoms with Crippen LogP contribution < -0.4 is 4.90 Å². The van der Waals surface area contributed by atoms with Gasteiger partial charge in [-0.1, -0.05) is 13.8 Å². The summed E-state index contributed by atoms with van der Waals surface area (Å²) in [4.78, 5) is 30.5. The fraction of sp³-hybridized carbons (Fsp3) is 0.667. The summed E-state index contributed by atoms with van der Waals surface area (Å²) >= 11 is 0. The van der Waals surface area contributed by atoms with E-state index in [2.05, 4.69) is 26.8 Å². The summed E-state index contributed by atoms with van der Waals surface area (Å²) < 4.78 is 5.66. The summed E-state index contributed by atoms with van der Waals surface area (Å²) in [6.45, 7) is 7.43. The van der Waals surface area contributed by atoms with Gasteiger partial charge in [-0.3, -0.25) is 4.79 Å². The molecule has 0 aliphatic carbocycles. The highest BCUT2D eigenvalue weighted by molar-refractivity contribution is 5.87. The number of anilines is 1. The number of rotatable bonds is 4. The third-order valence-corrected chi connectivity index (χ3v) is 5.49. The third kappa shape index (κ3) is 2.65. The lowest BCUT2D eigenvalue weighted by Crippen LogP contribution is -2.50. The van der Waals surface area contributed by atoms with Crippen LogP contribution in [0.3, 0.4) is 0 Å². The molecule has 2 saturated heterocycles. The van der Waals surface area contributed by atoms with Crippen molar-refractivity contribution in [2.45, 2.75) is 46.0 Å². The molecular weight excluding hydrogens is 318 g/mol. The van der Waals surface area contributed by atoms with Crippen LogP contribution in [-0.2, 0) is 11.2 Å². The molecule has 7 nitrogen and oxygen atoms in total. The lowest BCUT2D eigenvalue weighted by atomic mass is 9.78. The Morgan fingerprint density at radius 2 is 2.12 bits per heavy atom. The summed E-state index contributed by atoms with van der Waals surface area (Å²) in [5.41, 5.74) is 0.984. The standard InChI is InChI=1S/C18H25N5O2/c1-3-8-22-9-5-6-18(17(22)24)7-10-23(11-18)15-14-16(20-12-19-15)25-13(4-2)21-14/h12H,3-11H2,1-2H3/t18-/m0/s1. The summed E-state index contributed by atoms with van der Waals surface area (Å²) in [5, 5.41) is 0. The van der Waals surface area contributed by atoms with Crippen molar-refractivity contribution >= 4 is 23.0 Å². The van der Waals surface area contributed by atoms with Crippen LogP contribution in [0.15, 0.2) is 10.7 Å². The van der Waals surface area contributed by atoms with E-state index in [9.17, 15) is 4.79 Å². The van der Waals surface area contributed by atoms with E-state index in [1.165, 1.54) is 6.33 Å². The molecule has 4 heterocycles. The normalized spacial score (nSPS) is 24.0. The lowest BCUT2D eigenvalue weighted by molar-refractivity contribution is -0.145. The van der Waals surface area contributed by atoms with E-state index in [1.54, 1.807) is 0 Å². The van der Waals surface area contributed by atoms with Gasteiger partial charge in [-0.15, -0.1) is 0 Å². The minimum atomic E-state index is -0.262. The number of piperidine rings is 1. The van der Waals surface area contributed by atoms with Gasteiger partial charge in [-0.25, -0.2) is 9.97 Å². The smallest absolute Gasteiger partial charge is 0.252 e. The first-order chi connectivity index (χ1) is 12.2. The maximum atomic E-state index is 13.1. The zero-order valence-corrected chi connectivity index (χ0v) is 15.0. The monoisotopic (exact) mass is 343 g/mol. The Hall–Kier alpha value is -2.18. The number of hydrogen-bond donors (Lipinski definition) is 0. The number of nitrogens with zero attached hydrogens (tertiary/aromatic N) is 5. The zero-order valence-electron chi connectivity index (χ0n) is 15.0. The Bertz CT molecular complexity index is 787. The topological polar surface area (TPSA) is 75.4 Å². The van der Waals surface area contributed by atoms with Gasteiger partial charge in [0.25, 0.3) is 5.71 Å². The van der Waals surface area contributed by atoms with Crippen molar-refractivity contribution in [3.63, 3.8) is 0 Å². The first kappa shape index (κ1) is 16.3. The number of likely N-dealkylation sites (tertiary alicyclic amines) is 1. The van der Waals surface area contributed by atoms with Crippen LogP contribution in [0.2, 0.25) is 0 Å². The van der Waals surface area contributed by atoms with Crippen LogP contribution in [0.5, 0.6) is 0 Å². The number of carbonyl (C=O) groups is 1. The first-order valence-electron chi connectivity index (χ1n) is 9.31. The maximum absolute atomic E-state index is 13.1. The maximum Gasteiger partial charge on any atom is 0.252 e. The van der Waals surface area contributed by atoms with Gasteiger partial charge < -0.3 is 14.2 Å². The molecule has 4 rings (SSSR count). The largest absolute Gasteiger partial charge is 0.422 e. The summed E-state index contributed by atoms with van der Waals surface area (Å²) in [6.07, 6.45) is 6.20. The number of fused-ring (bicyclic) bond motifs is 1. The molecule has 2 aliphatic rings. The number of carbonyl (C=O) groups excluding carboxylic acids is 1. The van der Waals surface area contributed by atoms with Crippen molar-refractivity contribution in [3.05, 3.63) is 12.2 Å². The van der Waals surface area contributed by atoms with Crippen LogP contribution in [0, 0.1) is 5.41 Å². The molecule has 1 atom stereocenters. The van der Waals surface area contributed by atoms with Crippen molar-refractivity contribution in [2.75, 3.05) is 31.1 Å². The summed E-state index contributed by atoms with van der Waals surface area (Å²) in [7, 11) is 0. The number of hydrogen-bond acceptors (Lipinski definition) is 6. The van der Waals surface area contributed by atoms with E-state index in [-0.39, 0.29) is 5.41 Å². The fourth-order valence-electron chi connectivity index (χ4n) is 4.24. The van der Waals surface area contributed by atoms with Gasteiger partial charge in [0.1, 0.15) is 6.33 Å². The van der Waals surface area contributed by atoms with Crippen LogP contribution in [0.4, 0.5) is 5.82 Å². The van der Waals surface area contributed by atoms with Crippen LogP contribution in [0.25, 0.3) is 11.2 Å². The quantitative estimate of drug-likeness (QED) is 0.848. The van der Waals surface area contributed by atoms with Gasteiger partial charge in [0.15, 0.2) is 17.2 Å². The van der Waals surface area contributed by atoms with Crippen LogP contribution >= 0.6 is 0 Å². The van der Waals surface area contributed by atoms with Crippen molar-refractivity contribution in [2.24, 2.45) is 5.41 Å². The highest BCUT2D eigenvalue weighted by Crippen LogP contribution is 2.42. The molecule has 2 aliphatic heterocycles. The van der Waals surface area contributed by atoms with E-state index in [0.717, 1.165) is 57.6 Å². The highest BCUT2D eigenvalue weighted by atomic mass is 16.4. The molecule has 7 heteroatoms. The van der Waals surface area contributed by atoms with E-state index < -0.39 is 0 Å². The minimum absolute atomic E-state index is 0.262. The van der Waals surface area contributed by atoms with E-state index in [4.69, 9.17) is 4.42 Å². The van der Waals surface area contributed by atoms with Crippen molar-refractivity contribution in [3.8, 4) is 0 Å². The molecule has 0 aromatic carbocycles. The average molecular weight is 343 g/mol. The number of aromatic nitrogens is 3. The molecule has 1 spiro atoms. The second kappa shape index (κ2) is 6.28. The van der Waals surface area contributed by atoms with Gasteiger partial charge in [0, 0.05) is 32.6 Å². The Labute approximate surface area is 147 Å². The Morgan fingerprint density at radius 3 is 2.92 bits per heavy atom. The molecule has 0 radical (unpaired) electrons. The van der Waals surface area contributed by atoms with E-state index >= 15 is 0 Å². The zero-order chi connectivity index (χ0) is 17.4. The number of aryl methyl sites for hydroxylation is 1. The second-order valence-corrected chi connectivity index (χ2v) is 7.16. The summed E-state index contributed by atoms with van der Waals surface area (Å²) in [5.74, 6) is 1.79. The second-order valence-electron chi connectivity index (χ2n) is 7.16. The van der Waals surface area contributed by atoms with Gasteiger partial charge in [-0.05, 0) is 25.7 Å². The molecule has 2 fully saturated rings. The van der Waals surface area contributed by atoms with Gasteiger partial charge in [0.2, 0.25) is 5.91 Å². The average Bonchev–Trinajstić information content (AvgIpc) is 3.24. The van der Waals surface area contributed by atoms with Crippen molar-refractivity contribution in [1.29, 1.82) is 0 Å². The molecular formula is C18H25N5O2. The molecule has 1 amide bonds. The van der Waals surface area contributed by atoms with Crippen LogP contribution in [-0.4, -0.2) is 51.9 Å². The SMILES string of the molecule is CCCN1CCC[C@@]2(CCN(c3ncnc4oc(CC)nc34)C2)C1=O. The Balaban J connectivity index is 1.62. The van der Waals surface area contributed by atoms with E-state index in [1.807, 2.05) is 11.8 Å². The highest BCUT2D eigenvalue weighted by Gasteiger charge is 2.48. The molecule has 134 valence electrons. The minimum Gasteiger partial charge on any atom is -0.422 e. The number of amides is 1. The predicted molar refractivity (Wildman–Crippen MR) is 94.3 cm³/mol. The predicted octanol–water partition coefficient (Wildman–Crippen LogP) is 2.41. The summed E-state index contributed by atoms with van der Waals surface area (Å²) in [6, 6.07) is 0. The fourth-order valence-corrected chi connectivity index (χ4v) is 4.24. The van der Waals surface area contributed by atoms with E-state index in [0.29, 0.717) is 29.6 Å². The lowest BCUT2D eigenvalue weighted by Gasteiger charge is -2.39. The molecule has 0 bridgehead atoms.